The lowest BCUT2D eigenvalue weighted by molar-refractivity contribution is -0.115. The Kier molecular flexibility index (Phi) is 6.84. The maximum atomic E-state index is 12.5. The van der Waals surface area contributed by atoms with Crippen LogP contribution in [-0.4, -0.2) is 12.5 Å². The predicted octanol–water partition coefficient (Wildman–Crippen LogP) is 5.99. The van der Waals surface area contributed by atoms with Gasteiger partial charge in [-0.15, -0.1) is 0 Å². The van der Waals surface area contributed by atoms with Crippen molar-refractivity contribution in [2.75, 3.05) is 17.2 Å². The molecule has 2 aromatic carbocycles. The molecule has 0 radical (unpaired) electrons. The van der Waals surface area contributed by atoms with Gasteiger partial charge >= 0.3 is 0 Å². The van der Waals surface area contributed by atoms with Crippen molar-refractivity contribution in [2.24, 2.45) is 0 Å². The van der Waals surface area contributed by atoms with Crippen LogP contribution < -0.4 is 10.6 Å². The number of anilines is 2. The molecular weight excluding hydrogens is 320 g/mol. The van der Waals surface area contributed by atoms with Gasteiger partial charge in [-0.3, -0.25) is 4.79 Å². The van der Waals surface area contributed by atoms with E-state index in [0.717, 1.165) is 11.4 Å². The number of hydrogen-bond donors (Lipinski definition) is 2. The second kappa shape index (κ2) is 8.88. The molecule has 0 aliphatic carbocycles. The van der Waals surface area contributed by atoms with Crippen molar-refractivity contribution in [1.29, 1.82) is 0 Å². The van der Waals surface area contributed by atoms with Crippen molar-refractivity contribution in [3.05, 3.63) is 58.7 Å². The summed E-state index contributed by atoms with van der Waals surface area (Å²) < 4.78 is 0. The van der Waals surface area contributed by atoms with Gasteiger partial charge in [-0.1, -0.05) is 52.0 Å². The van der Waals surface area contributed by atoms with Crippen LogP contribution in [-0.2, 0) is 4.79 Å². The van der Waals surface area contributed by atoms with Crippen LogP contribution in [0.4, 0.5) is 11.4 Å². The average molecular weight is 353 g/mol. The lowest BCUT2D eigenvalue weighted by atomic mass is 9.92. The van der Waals surface area contributed by atoms with Gasteiger partial charge in [0.1, 0.15) is 0 Å². The highest BCUT2D eigenvalue weighted by Gasteiger charge is 2.15. The summed E-state index contributed by atoms with van der Waals surface area (Å²) in [7, 11) is 0. The maximum Gasteiger partial charge on any atom is 0.226 e. The van der Waals surface area contributed by atoms with Gasteiger partial charge in [0.25, 0.3) is 0 Å². The van der Waals surface area contributed by atoms with Crippen LogP contribution in [0.5, 0.6) is 0 Å². The molecule has 26 heavy (non-hydrogen) atoms. The number of carbonyl (C=O) groups excluding carboxylic acids is 1. The lowest BCUT2D eigenvalue weighted by Gasteiger charge is -2.20. The van der Waals surface area contributed by atoms with E-state index in [-0.39, 0.29) is 5.91 Å². The van der Waals surface area contributed by atoms with Gasteiger partial charge in [0, 0.05) is 24.3 Å². The molecule has 0 bridgehead atoms. The first-order valence-electron chi connectivity index (χ1n) is 9.53. The van der Waals surface area contributed by atoms with Crippen LogP contribution in [0.15, 0.2) is 36.4 Å². The first-order valence-corrected chi connectivity index (χ1v) is 9.53. The van der Waals surface area contributed by atoms with E-state index in [1.807, 2.05) is 0 Å². The highest BCUT2D eigenvalue weighted by molar-refractivity contribution is 5.93. The van der Waals surface area contributed by atoms with Crippen molar-refractivity contribution >= 4 is 17.3 Å². The van der Waals surface area contributed by atoms with Crippen molar-refractivity contribution in [3.63, 3.8) is 0 Å². The number of hydrogen-bond acceptors (Lipinski definition) is 2. The second-order valence-electron chi connectivity index (χ2n) is 7.64. The van der Waals surface area contributed by atoms with Gasteiger partial charge in [-0.25, -0.2) is 0 Å². The minimum atomic E-state index is 0.0522. The van der Waals surface area contributed by atoms with Crippen LogP contribution in [0, 0.1) is 13.8 Å². The van der Waals surface area contributed by atoms with E-state index in [2.05, 4.69) is 88.6 Å². The van der Waals surface area contributed by atoms with Gasteiger partial charge in [0.15, 0.2) is 0 Å². The molecule has 0 aliphatic heterocycles. The third kappa shape index (κ3) is 5.10. The zero-order valence-corrected chi connectivity index (χ0v) is 16.9. The van der Waals surface area contributed by atoms with Gasteiger partial charge in [0.2, 0.25) is 5.91 Å². The molecule has 0 spiro atoms. The van der Waals surface area contributed by atoms with E-state index in [9.17, 15) is 4.79 Å². The van der Waals surface area contributed by atoms with Crippen molar-refractivity contribution in [1.82, 2.24) is 0 Å². The summed E-state index contributed by atoms with van der Waals surface area (Å²) in [5, 5.41) is 6.51. The predicted molar refractivity (Wildman–Crippen MR) is 112 cm³/mol. The Balaban J connectivity index is 2.02. The fourth-order valence-electron chi connectivity index (χ4n) is 3.07. The summed E-state index contributed by atoms with van der Waals surface area (Å²) >= 11 is 0. The molecule has 1 amide bonds. The molecule has 0 fully saturated rings. The number of para-hydroxylation sites is 1. The smallest absolute Gasteiger partial charge is 0.226 e. The SMILES string of the molecule is Cc1ccc(NCCC(=O)Nc2c(C(C)C)cccc2C(C)C)cc1C. The minimum Gasteiger partial charge on any atom is -0.385 e. The molecule has 0 saturated carbocycles. The van der Waals surface area contributed by atoms with Crippen molar-refractivity contribution in [3.8, 4) is 0 Å². The Labute approximate surface area is 158 Å². The Morgan fingerprint density at radius 2 is 1.54 bits per heavy atom. The summed E-state index contributed by atoms with van der Waals surface area (Å²) in [6.07, 6.45) is 0.441. The fraction of sp³-hybridized carbons (Fsp3) is 0.435. The summed E-state index contributed by atoms with van der Waals surface area (Å²) in [5.74, 6) is 0.798. The molecule has 2 rings (SSSR count). The highest BCUT2D eigenvalue weighted by Crippen LogP contribution is 2.32. The molecule has 3 heteroatoms. The number of amides is 1. The Morgan fingerprint density at radius 1 is 0.923 bits per heavy atom. The Bertz CT molecular complexity index is 737. The van der Waals surface area contributed by atoms with Gasteiger partial charge in [-0.05, 0) is 60.1 Å². The summed E-state index contributed by atoms with van der Waals surface area (Å²) in [6.45, 7) is 13.5. The number of carbonyl (C=O) groups is 1. The zero-order valence-electron chi connectivity index (χ0n) is 16.9. The van der Waals surface area contributed by atoms with Crippen molar-refractivity contribution in [2.45, 2.75) is 59.8 Å². The van der Waals surface area contributed by atoms with E-state index < -0.39 is 0 Å². The molecule has 0 saturated heterocycles. The fourth-order valence-corrected chi connectivity index (χ4v) is 3.07. The van der Waals surface area contributed by atoms with Gasteiger partial charge in [-0.2, -0.15) is 0 Å². The van der Waals surface area contributed by atoms with E-state index in [1.165, 1.54) is 22.3 Å². The molecule has 0 unspecified atom stereocenters. The van der Waals surface area contributed by atoms with E-state index in [0.29, 0.717) is 24.8 Å². The van der Waals surface area contributed by atoms with Gasteiger partial charge < -0.3 is 10.6 Å². The molecule has 3 nitrogen and oxygen atoms in total. The molecule has 0 aliphatic rings. The summed E-state index contributed by atoms with van der Waals surface area (Å²) in [5.41, 5.74) is 6.99. The monoisotopic (exact) mass is 352 g/mol. The second-order valence-corrected chi connectivity index (χ2v) is 7.64. The molecule has 140 valence electrons. The molecule has 2 aromatic rings. The van der Waals surface area contributed by atoms with E-state index >= 15 is 0 Å². The van der Waals surface area contributed by atoms with Crippen LogP contribution in [0.3, 0.4) is 0 Å². The van der Waals surface area contributed by atoms with Crippen molar-refractivity contribution < 1.29 is 4.79 Å². The first-order chi connectivity index (χ1) is 12.3. The van der Waals surface area contributed by atoms with Crippen LogP contribution in [0.2, 0.25) is 0 Å². The first kappa shape index (κ1) is 20.0. The maximum absolute atomic E-state index is 12.5. The topological polar surface area (TPSA) is 41.1 Å². The molecule has 0 atom stereocenters. The van der Waals surface area contributed by atoms with Crippen LogP contribution in [0.25, 0.3) is 0 Å². The number of rotatable bonds is 7. The molecule has 0 heterocycles. The number of benzene rings is 2. The molecule has 0 aromatic heterocycles. The summed E-state index contributed by atoms with van der Waals surface area (Å²) in [6, 6.07) is 12.6. The normalized spacial score (nSPS) is 11.1. The standard InChI is InChI=1S/C23H32N2O/c1-15(2)20-8-7-9-21(16(3)4)23(20)25-22(26)12-13-24-19-11-10-17(5)18(6)14-19/h7-11,14-16,24H,12-13H2,1-6H3,(H,25,26). The lowest BCUT2D eigenvalue weighted by Crippen LogP contribution is -2.19. The van der Waals surface area contributed by atoms with Crippen LogP contribution >= 0.6 is 0 Å². The zero-order chi connectivity index (χ0) is 19.3. The largest absolute Gasteiger partial charge is 0.385 e. The summed E-state index contributed by atoms with van der Waals surface area (Å²) in [4.78, 5) is 12.5. The van der Waals surface area contributed by atoms with E-state index in [1.54, 1.807) is 0 Å². The highest BCUT2D eigenvalue weighted by atomic mass is 16.1. The van der Waals surface area contributed by atoms with Crippen LogP contribution in [0.1, 0.15) is 68.2 Å². The Hall–Kier alpha value is -2.29. The third-order valence-corrected chi connectivity index (χ3v) is 4.83. The molecule has 2 N–H and O–H groups in total. The molecular formula is C23H32N2O. The average Bonchev–Trinajstić information content (AvgIpc) is 2.57. The van der Waals surface area contributed by atoms with Gasteiger partial charge in [0.05, 0.1) is 0 Å². The Morgan fingerprint density at radius 3 is 2.08 bits per heavy atom. The van der Waals surface area contributed by atoms with E-state index in [4.69, 9.17) is 0 Å². The third-order valence-electron chi connectivity index (χ3n) is 4.83. The number of nitrogens with one attached hydrogen (secondary N) is 2. The minimum absolute atomic E-state index is 0.0522. The number of aryl methyl sites for hydroxylation is 2. The quantitative estimate of drug-likeness (QED) is 0.642.